The molecule has 17 heavy (non-hydrogen) atoms. The third-order valence-corrected chi connectivity index (χ3v) is 3.09. The Morgan fingerprint density at radius 1 is 1.47 bits per heavy atom. The number of nitrogens with zero attached hydrogens (tertiary/aromatic N) is 1. The van der Waals surface area contributed by atoms with Crippen LogP contribution in [0.1, 0.15) is 16.8 Å². The van der Waals surface area contributed by atoms with Gasteiger partial charge in [-0.05, 0) is 40.5 Å². The molecule has 1 aromatic carbocycles. The highest BCUT2D eigenvalue weighted by Gasteiger charge is 2.23. The van der Waals surface area contributed by atoms with Crippen LogP contribution < -0.4 is 4.90 Å². The van der Waals surface area contributed by atoms with Gasteiger partial charge in [0.1, 0.15) is 0 Å². The summed E-state index contributed by atoms with van der Waals surface area (Å²) in [5, 5.41) is 8.84. The van der Waals surface area contributed by atoms with Crippen LogP contribution in [-0.4, -0.2) is 30.3 Å². The predicted octanol–water partition coefficient (Wildman–Crippen LogP) is 2.49. The number of benzene rings is 1. The largest absolute Gasteiger partial charge is 0.478 e. The number of rotatable bonds is 2. The van der Waals surface area contributed by atoms with Crippen molar-refractivity contribution in [2.75, 3.05) is 18.1 Å². The smallest absolute Gasteiger partial charge is 0.414 e. The van der Waals surface area contributed by atoms with Crippen molar-refractivity contribution in [3.8, 4) is 0 Å². The fraction of sp³-hybridized carbons (Fsp3) is 0.273. The molecule has 0 spiro atoms. The van der Waals surface area contributed by atoms with Crippen LogP contribution in [0.3, 0.4) is 0 Å². The van der Waals surface area contributed by atoms with Crippen LogP contribution in [0.4, 0.5) is 10.5 Å². The van der Waals surface area contributed by atoms with Crippen LogP contribution in [0.15, 0.2) is 22.7 Å². The molecule has 1 heterocycles. The summed E-state index contributed by atoms with van der Waals surface area (Å²) in [6.45, 7) is 1.00. The lowest BCUT2D eigenvalue weighted by molar-refractivity contribution is 0.0697. The first kappa shape index (κ1) is 11.9. The van der Waals surface area contributed by atoms with E-state index >= 15 is 0 Å². The molecule has 5 nitrogen and oxygen atoms in total. The van der Waals surface area contributed by atoms with E-state index in [1.54, 1.807) is 6.07 Å². The number of ether oxygens (including phenoxy) is 1. The van der Waals surface area contributed by atoms with Gasteiger partial charge in [0.2, 0.25) is 0 Å². The first-order valence-corrected chi connectivity index (χ1v) is 5.86. The molecule has 1 N–H and O–H groups in total. The molecule has 6 heteroatoms. The lowest BCUT2D eigenvalue weighted by Gasteiger charge is -2.27. The number of halogens is 1. The van der Waals surface area contributed by atoms with Crippen molar-refractivity contribution >= 4 is 33.7 Å². The molecule has 1 aromatic rings. The molecular weight excluding hydrogens is 290 g/mol. The van der Waals surface area contributed by atoms with Gasteiger partial charge in [0.15, 0.2) is 0 Å². The molecule has 2 rings (SSSR count). The maximum absolute atomic E-state index is 11.5. The second-order valence-corrected chi connectivity index (χ2v) is 4.45. The van der Waals surface area contributed by atoms with Crippen molar-refractivity contribution in [3.05, 3.63) is 28.2 Å². The van der Waals surface area contributed by atoms with Gasteiger partial charge in [-0.1, -0.05) is 0 Å². The molecule has 1 saturated heterocycles. The minimum Gasteiger partial charge on any atom is -0.478 e. The number of aromatic carboxylic acids is 1. The third-order valence-electron chi connectivity index (χ3n) is 2.46. The summed E-state index contributed by atoms with van der Waals surface area (Å²) in [5.41, 5.74) is 0.797. The van der Waals surface area contributed by atoms with E-state index in [1.165, 1.54) is 17.0 Å². The zero-order valence-corrected chi connectivity index (χ0v) is 10.4. The zero-order chi connectivity index (χ0) is 12.4. The monoisotopic (exact) mass is 299 g/mol. The summed E-state index contributed by atoms with van der Waals surface area (Å²) in [6.07, 6.45) is 0.360. The molecule has 1 aliphatic heterocycles. The Hall–Kier alpha value is -1.56. The van der Waals surface area contributed by atoms with E-state index in [9.17, 15) is 9.59 Å². The summed E-state index contributed by atoms with van der Waals surface area (Å²) >= 11 is 3.27. The first-order chi connectivity index (χ1) is 8.09. The Bertz CT molecular complexity index is 475. The molecule has 1 fully saturated rings. The van der Waals surface area contributed by atoms with Crippen LogP contribution >= 0.6 is 15.9 Å². The fourth-order valence-corrected chi connectivity index (χ4v) is 2.22. The number of hydrogen-bond acceptors (Lipinski definition) is 3. The van der Waals surface area contributed by atoms with E-state index in [0.29, 0.717) is 23.3 Å². The average Bonchev–Trinajstić information content (AvgIpc) is 2.30. The van der Waals surface area contributed by atoms with Crippen molar-refractivity contribution < 1.29 is 19.4 Å². The van der Waals surface area contributed by atoms with Gasteiger partial charge in [0.25, 0.3) is 0 Å². The summed E-state index contributed by atoms with van der Waals surface area (Å²) in [5.74, 6) is -1.00. The molecule has 1 amide bonds. The number of carboxylic acid groups (broad SMARTS) is 1. The van der Waals surface area contributed by atoms with E-state index in [2.05, 4.69) is 15.9 Å². The Morgan fingerprint density at radius 2 is 2.24 bits per heavy atom. The molecule has 0 aromatic heterocycles. The average molecular weight is 300 g/mol. The molecule has 0 bridgehead atoms. The standard InChI is InChI=1S/C11H10BrNO4/c12-8-6-7(10(14)15)2-3-9(8)13-4-1-5-17-11(13)16/h2-3,6H,1,4-5H2,(H,14,15). The number of amides is 1. The molecule has 0 aliphatic carbocycles. The molecule has 90 valence electrons. The zero-order valence-electron chi connectivity index (χ0n) is 8.85. The first-order valence-electron chi connectivity index (χ1n) is 5.07. The van der Waals surface area contributed by atoms with Gasteiger partial charge in [-0.15, -0.1) is 0 Å². The van der Waals surface area contributed by atoms with E-state index in [4.69, 9.17) is 9.84 Å². The summed E-state index contributed by atoms with van der Waals surface area (Å²) in [4.78, 5) is 23.8. The minimum atomic E-state index is -1.00. The maximum Gasteiger partial charge on any atom is 0.414 e. The lowest BCUT2D eigenvalue weighted by Crippen LogP contribution is -2.37. The number of carbonyl (C=O) groups excluding carboxylic acids is 1. The quantitative estimate of drug-likeness (QED) is 0.911. The van der Waals surface area contributed by atoms with Gasteiger partial charge in [-0.25, -0.2) is 9.59 Å². The number of hydrogen-bond donors (Lipinski definition) is 1. The highest BCUT2D eigenvalue weighted by Crippen LogP contribution is 2.29. The Balaban J connectivity index is 2.32. The van der Waals surface area contributed by atoms with Crippen LogP contribution in [0.25, 0.3) is 0 Å². The molecule has 1 aliphatic rings. The third kappa shape index (κ3) is 2.41. The number of carboxylic acids is 1. The van der Waals surface area contributed by atoms with Crippen LogP contribution in [-0.2, 0) is 4.74 Å². The normalized spacial score (nSPS) is 15.6. The Labute approximate surface area is 106 Å². The Kier molecular flexibility index (Phi) is 3.33. The van der Waals surface area contributed by atoms with E-state index in [1.807, 2.05) is 0 Å². The second-order valence-electron chi connectivity index (χ2n) is 3.59. The topological polar surface area (TPSA) is 66.8 Å². The van der Waals surface area contributed by atoms with Crippen molar-refractivity contribution in [1.29, 1.82) is 0 Å². The second kappa shape index (κ2) is 4.75. The number of cyclic esters (lactones) is 1. The fourth-order valence-electron chi connectivity index (χ4n) is 1.63. The summed E-state index contributed by atoms with van der Waals surface area (Å²) < 4.78 is 5.49. The van der Waals surface area contributed by atoms with Crippen LogP contribution in [0.5, 0.6) is 0 Å². The molecule has 0 radical (unpaired) electrons. The van der Waals surface area contributed by atoms with E-state index in [-0.39, 0.29) is 5.56 Å². The minimum absolute atomic E-state index is 0.172. The Morgan fingerprint density at radius 3 is 2.82 bits per heavy atom. The predicted molar refractivity (Wildman–Crippen MR) is 64.4 cm³/mol. The van der Waals surface area contributed by atoms with E-state index in [0.717, 1.165) is 6.42 Å². The van der Waals surface area contributed by atoms with Crippen molar-refractivity contribution in [2.45, 2.75) is 6.42 Å². The van der Waals surface area contributed by atoms with E-state index < -0.39 is 12.1 Å². The van der Waals surface area contributed by atoms with Gasteiger partial charge < -0.3 is 9.84 Å². The van der Waals surface area contributed by atoms with Crippen molar-refractivity contribution in [2.24, 2.45) is 0 Å². The molecular formula is C11H10BrNO4. The lowest BCUT2D eigenvalue weighted by atomic mass is 10.2. The summed E-state index contributed by atoms with van der Waals surface area (Å²) in [7, 11) is 0. The van der Waals surface area contributed by atoms with Crippen molar-refractivity contribution in [3.63, 3.8) is 0 Å². The summed E-state index contributed by atoms with van der Waals surface area (Å²) in [6, 6.07) is 4.53. The van der Waals surface area contributed by atoms with Gasteiger partial charge in [0, 0.05) is 11.0 Å². The molecule has 0 saturated carbocycles. The van der Waals surface area contributed by atoms with Gasteiger partial charge in [0.05, 0.1) is 17.9 Å². The SMILES string of the molecule is O=C(O)c1ccc(N2CCCOC2=O)c(Br)c1. The maximum atomic E-state index is 11.5. The van der Waals surface area contributed by atoms with Crippen LogP contribution in [0.2, 0.25) is 0 Å². The number of carbonyl (C=O) groups is 2. The van der Waals surface area contributed by atoms with Crippen LogP contribution in [0, 0.1) is 0 Å². The highest BCUT2D eigenvalue weighted by molar-refractivity contribution is 9.10. The highest BCUT2D eigenvalue weighted by atomic mass is 79.9. The molecule has 0 atom stereocenters. The van der Waals surface area contributed by atoms with Gasteiger partial charge in [-0.2, -0.15) is 0 Å². The molecule has 0 unspecified atom stereocenters. The number of anilines is 1. The van der Waals surface area contributed by atoms with Gasteiger partial charge >= 0.3 is 12.1 Å². The van der Waals surface area contributed by atoms with Gasteiger partial charge in [-0.3, -0.25) is 4.90 Å². The van der Waals surface area contributed by atoms with Crippen molar-refractivity contribution in [1.82, 2.24) is 0 Å².